The van der Waals surface area contributed by atoms with Crippen molar-refractivity contribution in [2.24, 2.45) is 0 Å². The topological polar surface area (TPSA) is 73.0 Å². The average Bonchev–Trinajstić information content (AvgIpc) is 3.34. The quantitative estimate of drug-likeness (QED) is 0.724. The van der Waals surface area contributed by atoms with Gasteiger partial charge >= 0.3 is 0 Å². The van der Waals surface area contributed by atoms with Gasteiger partial charge in [-0.1, -0.05) is 18.2 Å². The molecule has 1 N–H and O–H groups in total. The summed E-state index contributed by atoms with van der Waals surface area (Å²) < 4.78 is 27.5. The van der Waals surface area contributed by atoms with Gasteiger partial charge < -0.3 is 15.1 Å². The minimum Gasteiger partial charge on any atom is -0.372 e. The van der Waals surface area contributed by atoms with E-state index in [0.29, 0.717) is 31.7 Å². The molecule has 2 fully saturated rings. The zero-order chi connectivity index (χ0) is 22.7. The van der Waals surface area contributed by atoms with E-state index in [4.69, 9.17) is 0 Å². The molecule has 0 saturated carbocycles. The number of sulfonamides is 1. The summed E-state index contributed by atoms with van der Waals surface area (Å²) in [5.41, 5.74) is 2.58. The summed E-state index contributed by atoms with van der Waals surface area (Å²) in [5, 5.41) is 3.00. The van der Waals surface area contributed by atoms with Gasteiger partial charge in [0, 0.05) is 50.5 Å². The van der Waals surface area contributed by atoms with E-state index in [9.17, 15) is 13.2 Å². The highest BCUT2D eigenvalue weighted by Crippen LogP contribution is 2.23. The van der Waals surface area contributed by atoms with E-state index in [-0.39, 0.29) is 16.8 Å². The standard InChI is InChI=1S/C24H32N4O3S/c1-19(20-8-10-22(11-9-20)27-12-3-4-13-27)25-24(29)21-6-5-7-23(18-21)32(30,31)28-16-14-26(2)15-17-28/h5-11,18-19H,3-4,12-17H2,1-2H3,(H,25,29). The van der Waals surface area contributed by atoms with Gasteiger partial charge in [-0.15, -0.1) is 0 Å². The highest BCUT2D eigenvalue weighted by atomic mass is 32.2. The average molecular weight is 457 g/mol. The Bertz CT molecular complexity index is 1040. The first kappa shape index (κ1) is 22.8. The van der Waals surface area contributed by atoms with Gasteiger partial charge in [-0.05, 0) is 62.7 Å². The van der Waals surface area contributed by atoms with Gasteiger partial charge in [-0.3, -0.25) is 4.79 Å². The predicted molar refractivity (Wildman–Crippen MR) is 126 cm³/mol. The smallest absolute Gasteiger partial charge is 0.251 e. The van der Waals surface area contributed by atoms with E-state index >= 15 is 0 Å². The Kier molecular flexibility index (Phi) is 6.83. The van der Waals surface area contributed by atoms with Gasteiger partial charge in [0.2, 0.25) is 10.0 Å². The SMILES string of the molecule is CC(NC(=O)c1cccc(S(=O)(=O)N2CCN(C)CC2)c1)c1ccc(N2CCCC2)cc1. The number of amides is 1. The fourth-order valence-electron chi connectivity index (χ4n) is 4.29. The molecule has 0 aromatic heterocycles. The second kappa shape index (κ2) is 9.60. The third kappa shape index (κ3) is 4.98. The first-order chi connectivity index (χ1) is 15.3. The Morgan fingerprint density at radius 1 is 0.938 bits per heavy atom. The van der Waals surface area contributed by atoms with Crippen LogP contribution in [0.25, 0.3) is 0 Å². The van der Waals surface area contributed by atoms with Crippen molar-refractivity contribution in [1.29, 1.82) is 0 Å². The highest BCUT2D eigenvalue weighted by Gasteiger charge is 2.28. The molecule has 0 radical (unpaired) electrons. The molecule has 2 aliphatic rings. The summed E-state index contributed by atoms with van der Waals surface area (Å²) in [6.45, 7) is 6.45. The number of nitrogens with zero attached hydrogens (tertiary/aromatic N) is 3. The van der Waals surface area contributed by atoms with Crippen LogP contribution in [-0.2, 0) is 10.0 Å². The van der Waals surface area contributed by atoms with Gasteiger partial charge in [0.15, 0.2) is 0 Å². The van der Waals surface area contributed by atoms with Gasteiger partial charge in [0.1, 0.15) is 0 Å². The van der Waals surface area contributed by atoms with E-state index in [1.54, 1.807) is 18.2 Å². The Morgan fingerprint density at radius 3 is 2.25 bits per heavy atom. The fourth-order valence-corrected chi connectivity index (χ4v) is 5.76. The number of rotatable bonds is 6. The van der Waals surface area contributed by atoms with E-state index in [0.717, 1.165) is 18.7 Å². The Morgan fingerprint density at radius 2 is 1.59 bits per heavy atom. The summed E-state index contributed by atoms with van der Waals surface area (Å²) in [4.78, 5) is 17.5. The molecule has 2 aromatic rings. The number of hydrogen-bond donors (Lipinski definition) is 1. The maximum atomic E-state index is 13.0. The molecule has 172 valence electrons. The molecule has 0 bridgehead atoms. The molecule has 4 rings (SSSR count). The van der Waals surface area contributed by atoms with Crippen LogP contribution < -0.4 is 10.2 Å². The number of carbonyl (C=O) groups is 1. The van der Waals surface area contributed by atoms with Crippen LogP contribution in [0, 0.1) is 0 Å². The van der Waals surface area contributed by atoms with Crippen molar-refractivity contribution < 1.29 is 13.2 Å². The predicted octanol–water partition coefficient (Wildman–Crippen LogP) is 2.71. The molecule has 0 aliphatic carbocycles. The number of benzene rings is 2. The molecule has 1 amide bonds. The molecular formula is C24H32N4O3S. The zero-order valence-electron chi connectivity index (χ0n) is 18.8. The Hall–Kier alpha value is -2.42. The van der Waals surface area contributed by atoms with E-state index in [1.807, 2.05) is 26.1 Å². The number of piperazine rings is 1. The van der Waals surface area contributed by atoms with Crippen LogP contribution in [0.1, 0.15) is 41.7 Å². The van der Waals surface area contributed by atoms with Crippen molar-refractivity contribution in [3.05, 3.63) is 59.7 Å². The Labute approximate surface area is 191 Å². The second-order valence-electron chi connectivity index (χ2n) is 8.72. The lowest BCUT2D eigenvalue weighted by atomic mass is 10.1. The summed E-state index contributed by atoms with van der Waals surface area (Å²) in [5.74, 6) is -0.281. The third-order valence-corrected chi connectivity index (χ3v) is 8.30. The number of anilines is 1. The normalized spacial score (nSPS) is 19.1. The van der Waals surface area contributed by atoms with Crippen molar-refractivity contribution >= 4 is 21.6 Å². The van der Waals surface area contributed by atoms with E-state index in [2.05, 4.69) is 27.2 Å². The first-order valence-electron chi connectivity index (χ1n) is 11.3. The molecule has 1 atom stereocenters. The van der Waals surface area contributed by atoms with Gasteiger partial charge in [0.25, 0.3) is 5.91 Å². The van der Waals surface area contributed by atoms with Crippen LogP contribution in [-0.4, -0.2) is 69.8 Å². The van der Waals surface area contributed by atoms with E-state index < -0.39 is 10.0 Å². The van der Waals surface area contributed by atoms with Crippen LogP contribution in [0.4, 0.5) is 5.69 Å². The van der Waals surface area contributed by atoms with Gasteiger partial charge in [-0.25, -0.2) is 8.42 Å². The zero-order valence-corrected chi connectivity index (χ0v) is 19.6. The minimum atomic E-state index is -3.61. The molecule has 7 nitrogen and oxygen atoms in total. The molecule has 2 aromatic carbocycles. The van der Waals surface area contributed by atoms with Crippen molar-refractivity contribution in [2.45, 2.75) is 30.7 Å². The van der Waals surface area contributed by atoms with Crippen LogP contribution in [0.5, 0.6) is 0 Å². The van der Waals surface area contributed by atoms with Crippen LogP contribution in [0.3, 0.4) is 0 Å². The van der Waals surface area contributed by atoms with Crippen LogP contribution >= 0.6 is 0 Å². The van der Waals surface area contributed by atoms with Crippen LogP contribution in [0.2, 0.25) is 0 Å². The van der Waals surface area contributed by atoms with Crippen molar-refractivity contribution in [3.8, 4) is 0 Å². The molecular weight excluding hydrogens is 424 g/mol. The largest absolute Gasteiger partial charge is 0.372 e. The van der Waals surface area contributed by atoms with Crippen molar-refractivity contribution in [1.82, 2.24) is 14.5 Å². The Balaban J connectivity index is 1.43. The summed E-state index contributed by atoms with van der Waals surface area (Å²) in [6, 6.07) is 14.4. The fraction of sp³-hybridized carbons (Fsp3) is 0.458. The highest BCUT2D eigenvalue weighted by molar-refractivity contribution is 7.89. The monoisotopic (exact) mass is 456 g/mol. The molecule has 2 aliphatic heterocycles. The summed E-state index contributed by atoms with van der Waals surface area (Å²) in [6.07, 6.45) is 2.47. The number of nitrogens with one attached hydrogen (secondary N) is 1. The molecule has 1 unspecified atom stereocenters. The lowest BCUT2D eigenvalue weighted by Gasteiger charge is -2.31. The minimum absolute atomic E-state index is 0.164. The molecule has 2 heterocycles. The lowest BCUT2D eigenvalue weighted by molar-refractivity contribution is 0.0939. The van der Waals surface area contributed by atoms with E-state index in [1.165, 1.54) is 28.9 Å². The molecule has 2 saturated heterocycles. The maximum absolute atomic E-state index is 13.0. The molecule has 8 heteroatoms. The van der Waals surface area contributed by atoms with Gasteiger partial charge in [-0.2, -0.15) is 4.31 Å². The van der Waals surface area contributed by atoms with Crippen molar-refractivity contribution in [2.75, 3.05) is 51.2 Å². The van der Waals surface area contributed by atoms with Gasteiger partial charge in [0.05, 0.1) is 10.9 Å². The third-order valence-electron chi connectivity index (χ3n) is 6.41. The van der Waals surface area contributed by atoms with Crippen LogP contribution in [0.15, 0.2) is 53.4 Å². The molecule has 32 heavy (non-hydrogen) atoms. The summed E-state index contributed by atoms with van der Waals surface area (Å²) in [7, 11) is -1.63. The number of hydrogen-bond acceptors (Lipinski definition) is 5. The second-order valence-corrected chi connectivity index (χ2v) is 10.7. The molecule has 0 spiro atoms. The number of likely N-dealkylation sites (N-methyl/N-ethyl adjacent to an activating group) is 1. The maximum Gasteiger partial charge on any atom is 0.251 e. The summed E-state index contributed by atoms with van der Waals surface area (Å²) >= 11 is 0. The van der Waals surface area contributed by atoms with Crippen molar-refractivity contribution in [3.63, 3.8) is 0 Å². The number of carbonyl (C=O) groups excluding carboxylic acids is 1. The lowest BCUT2D eigenvalue weighted by Crippen LogP contribution is -2.47. The first-order valence-corrected chi connectivity index (χ1v) is 12.7.